The lowest BCUT2D eigenvalue weighted by Gasteiger charge is -2.41. The van der Waals surface area contributed by atoms with Crippen LogP contribution in [0.3, 0.4) is 0 Å². The van der Waals surface area contributed by atoms with Crippen LogP contribution in [0.15, 0.2) is 51.4 Å². The molecule has 2 saturated heterocycles. The number of rotatable bonds is 15. The van der Waals surface area contributed by atoms with Crippen molar-refractivity contribution in [2.24, 2.45) is 11.8 Å². The molecule has 6 nitrogen and oxygen atoms in total. The summed E-state index contributed by atoms with van der Waals surface area (Å²) < 4.78 is 26.1. The minimum Gasteiger partial charge on any atom is -0.385 e. The molecule has 2 unspecified atom stereocenters. The molecular formula is C32H46Br2N2O4. The van der Waals surface area contributed by atoms with Crippen LogP contribution < -0.4 is 10.2 Å². The molecule has 40 heavy (non-hydrogen) atoms. The minimum atomic E-state index is 0.0227. The van der Waals surface area contributed by atoms with Gasteiger partial charge in [-0.25, -0.2) is 0 Å². The number of methoxy groups -OCH3 is 2. The van der Waals surface area contributed by atoms with E-state index in [-0.39, 0.29) is 12.2 Å². The van der Waals surface area contributed by atoms with Gasteiger partial charge < -0.3 is 29.2 Å². The smallest absolute Gasteiger partial charge is 0.0885 e. The summed E-state index contributed by atoms with van der Waals surface area (Å²) in [6.45, 7) is 6.88. The number of nitrogens with one attached hydrogen (secondary N) is 1. The first-order valence-electron chi connectivity index (χ1n) is 14.8. The Hall–Kier alpha value is -1.00. The van der Waals surface area contributed by atoms with Crippen molar-refractivity contribution in [3.63, 3.8) is 0 Å². The summed E-state index contributed by atoms with van der Waals surface area (Å²) in [5.41, 5.74) is 3.81. The molecule has 0 radical (unpaired) electrons. The number of anilines is 1. The molecule has 2 aromatic carbocycles. The van der Waals surface area contributed by atoms with Gasteiger partial charge >= 0.3 is 0 Å². The van der Waals surface area contributed by atoms with Gasteiger partial charge in [0.25, 0.3) is 0 Å². The number of piperidine rings is 2. The molecule has 2 fully saturated rings. The molecule has 1 N–H and O–H groups in total. The van der Waals surface area contributed by atoms with Crippen LogP contribution in [0.4, 0.5) is 5.69 Å². The number of hydrogen-bond acceptors (Lipinski definition) is 6. The van der Waals surface area contributed by atoms with Crippen molar-refractivity contribution in [3.8, 4) is 0 Å². The Morgan fingerprint density at radius 3 is 2.23 bits per heavy atom. The molecule has 2 heterocycles. The highest BCUT2D eigenvalue weighted by molar-refractivity contribution is 9.10. The number of ether oxygens (including phenoxy) is 4. The standard InChI is InChI=1S/C32H46Br2N2O4/c1-37-17-7-19-39-31(24-9-5-15-35-22-24)28-14-13-26(33)21-30(28)36-16-6-10-25(23-36)32(40-20-8-18-38-2)27-11-3-4-12-29(27)34/h3-4,11-14,21,24-25,31-32,35H,5-10,15-20,22-23H2,1-2H3/t24-,25-,31?,32?/m1/s1. The zero-order valence-electron chi connectivity index (χ0n) is 24.1. The monoisotopic (exact) mass is 680 g/mol. The van der Waals surface area contributed by atoms with Gasteiger partial charge in [0.15, 0.2) is 0 Å². The van der Waals surface area contributed by atoms with E-state index in [0.717, 1.165) is 67.4 Å². The molecule has 8 heteroatoms. The van der Waals surface area contributed by atoms with Gasteiger partial charge in [-0.2, -0.15) is 0 Å². The van der Waals surface area contributed by atoms with Gasteiger partial charge in [-0.05, 0) is 68.8 Å². The van der Waals surface area contributed by atoms with E-state index in [0.29, 0.717) is 31.7 Å². The fourth-order valence-corrected chi connectivity index (χ4v) is 7.00. The van der Waals surface area contributed by atoms with Crippen LogP contribution in [0.1, 0.15) is 61.9 Å². The lowest BCUT2D eigenvalue weighted by atomic mass is 9.86. The van der Waals surface area contributed by atoms with E-state index in [1.54, 1.807) is 14.2 Å². The molecule has 0 saturated carbocycles. The predicted molar refractivity (Wildman–Crippen MR) is 169 cm³/mol. The van der Waals surface area contributed by atoms with Gasteiger partial charge in [-0.1, -0.05) is 56.1 Å². The lowest BCUT2D eigenvalue weighted by Crippen LogP contribution is -2.40. The minimum absolute atomic E-state index is 0.0227. The van der Waals surface area contributed by atoms with E-state index >= 15 is 0 Å². The summed E-state index contributed by atoms with van der Waals surface area (Å²) in [6.07, 6.45) is 6.50. The van der Waals surface area contributed by atoms with Crippen molar-refractivity contribution in [2.45, 2.75) is 50.7 Å². The Morgan fingerprint density at radius 2 is 1.55 bits per heavy atom. The lowest BCUT2D eigenvalue weighted by molar-refractivity contribution is -0.00609. The van der Waals surface area contributed by atoms with Crippen molar-refractivity contribution >= 4 is 37.5 Å². The van der Waals surface area contributed by atoms with Crippen LogP contribution >= 0.6 is 31.9 Å². The first-order valence-corrected chi connectivity index (χ1v) is 16.4. The summed E-state index contributed by atoms with van der Waals surface area (Å²) in [7, 11) is 3.50. The third-order valence-electron chi connectivity index (χ3n) is 8.08. The van der Waals surface area contributed by atoms with Crippen molar-refractivity contribution < 1.29 is 18.9 Å². The Labute approximate surface area is 257 Å². The summed E-state index contributed by atoms with van der Waals surface area (Å²) in [5, 5.41) is 3.61. The maximum Gasteiger partial charge on any atom is 0.0885 e. The third kappa shape index (κ3) is 9.00. The topological polar surface area (TPSA) is 52.2 Å². The number of benzene rings is 2. The Balaban J connectivity index is 1.59. The quantitative estimate of drug-likeness (QED) is 0.199. The number of halogens is 2. The molecule has 0 bridgehead atoms. The second-order valence-electron chi connectivity index (χ2n) is 11.0. The van der Waals surface area contributed by atoms with Crippen molar-refractivity contribution in [3.05, 3.63) is 62.5 Å². The normalized spacial score (nSPS) is 21.4. The highest BCUT2D eigenvalue weighted by atomic mass is 79.9. The van der Waals surface area contributed by atoms with Crippen LogP contribution in [0.2, 0.25) is 0 Å². The molecule has 0 amide bonds. The maximum absolute atomic E-state index is 6.67. The van der Waals surface area contributed by atoms with Crippen LogP contribution in [0.25, 0.3) is 0 Å². The Bertz CT molecular complexity index is 1020. The van der Waals surface area contributed by atoms with E-state index in [1.165, 1.54) is 29.7 Å². The van der Waals surface area contributed by atoms with E-state index in [2.05, 4.69) is 84.5 Å². The summed E-state index contributed by atoms with van der Waals surface area (Å²) in [6, 6.07) is 15.3. The van der Waals surface area contributed by atoms with Gasteiger partial charge in [0.05, 0.1) is 12.2 Å². The summed E-state index contributed by atoms with van der Waals surface area (Å²) in [5.74, 6) is 0.827. The first kappa shape index (κ1) is 31.9. The molecule has 4 rings (SSSR count). The van der Waals surface area contributed by atoms with E-state index in [1.807, 2.05) is 0 Å². The Morgan fingerprint density at radius 1 is 0.850 bits per heavy atom. The SMILES string of the molecule is COCCCOC(c1ccccc1Br)[C@@H]1CCCN(c2cc(Br)ccc2C(OCCCOC)[C@@H]2CCCNC2)C1. The molecule has 0 spiro atoms. The van der Waals surface area contributed by atoms with Crippen molar-refractivity contribution in [1.29, 1.82) is 0 Å². The molecule has 0 aromatic heterocycles. The fourth-order valence-electron chi connectivity index (χ4n) is 6.14. The van der Waals surface area contributed by atoms with Gasteiger partial charge in [-0.15, -0.1) is 0 Å². The van der Waals surface area contributed by atoms with Gasteiger partial charge in [0.2, 0.25) is 0 Å². The highest BCUT2D eigenvalue weighted by Gasteiger charge is 2.34. The van der Waals surface area contributed by atoms with Gasteiger partial charge in [0.1, 0.15) is 0 Å². The van der Waals surface area contributed by atoms with Gasteiger partial charge in [-0.3, -0.25) is 0 Å². The third-order valence-corrected chi connectivity index (χ3v) is 9.30. The highest BCUT2D eigenvalue weighted by Crippen LogP contribution is 2.42. The van der Waals surface area contributed by atoms with Crippen LogP contribution in [0, 0.1) is 11.8 Å². The van der Waals surface area contributed by atoms with Crippen LogP contribution in [0.5, 0.6) is 0 Å². The van der Waals surface area contributed by atoms with E-state index in [9.17, 15) is 0 Å². The molecule has 2 aromatic rings. The van der Waals surface area contributed by atoms with Crippen molar-refractivity contribution in [1.82, 2.24) is 5.32 Å². The molecule has 0 aliphatic carbocycles. The second-order valence-corrected chi connectivity index (χ2v) is 12.7. The molecular weight excluding hydrogens is 636 g/mol. The first-order chi connectivity index (χ1) is 19.6. The van der Waals surface area contributed by atoms with E-state index < -0.39 is 0 Å². The number of hydrogen-bond donors (Lipinski definition) is 1. The van der Waals surface area contributed by atoms with Crippen LogP contribution in [-0.2, 0) is 18.9 Å². The molecule has 2 aliphatic rings. The molecule has 4 atom stereocenters. The second kappa shape index (κ2) is 17.2. The summed E-state index contributed by atoms with van der Waals surface area (Å²) in [4.78, 5) is 2.58. The summed E-state index contributed by atoms with van der Waals surface area (Å²) >= 11 is 7.59. The van der Waals surface area contributed by atoms with E-state index in [4.69, 9.17) is 18.9 Å². The average Bonchev–Trinajstić information content (AvgIpc) is 2.99. The van der Waals surface area contributed by atoms with Crippen molar-refractivity contribution in [2.75, 3.05) is 71.7 Å². The Kier molecular flexibility index (Phi) is 13.7. The zero-order chi connectivity index (χ0) is 28.2. The molecule has 2 aliphatic heterocycles. The van der Waals surface area contributed by atoms with Crippen LogP contribution in [-0.4, -0.2) is 66.8 Å². The number of nitrogens with zero attached hydrogens (tertiary/aromatic N) is 1. The molecule has 222 valence electrons. The maximum atomic E-state index is 6.67. The average molecular weight is 683 g/mol. The van der Waals surface area contributed by atoms with Gasteiger partial charge in [0, 0.05) is 92.3 Å². The predicted octanol–water partition coefficient (Wildman–Crippen LogP) is 7.32. The zero-order valence-corrected chi connectivity index (χ0v) is 27.3. The largest absolute Gasteiger partial charge is 0.385 e. The fraction of sp³-hybridized carbons (Fsp3) is 0.625.